The number of rotatable bonds is 8. The Bertz CT molecular complexity index is 417. The summed E-state index contributed by atoms with van der Waals surface area (Å²) in [5, 5.41) is 3.50. The van der Waals surface area contributed by atoms with Crippen molar-refractivity contribution < 1.29 is 9.47 Å². The predicted molar refractivity (Wildman–Crippen MR) is 76.8 cm³/mol. The molecule has 0 aliphatic heterocycles. The van der Waals surface area contributed by atoms with Gasteiger partial charge in [0.15, 0.2) is 11.5 Å². The highest BCUT2D eigenvalue weighted by Crippen LogP contribution is 2.43. The van der Waals surface area contributed by atoms with Gasteiger partial charge in [0.2, 0.25) is 0 Å². The monoisotopic (exact) mass is 264 g/mol. The van der Waals surface area contributed by atoms with E-state index in [4.69, 9.17) is 15.2 Å². The molecule has 1 saturated carbocycles. The first kappa shape index (κ1) is 14.2. The van der Waals surface area contributed by atoms with E-state index in [1.807, 2.05) is 12.1 Å². The van der Waals surface area contributed by atoms with Crippen LogP contribution in [0.1, 0.15) is 18.4 Å². The van der Waals surface area contributed by atoms with Crippen molar-refractivity contribution >= 4 is 0 Å². The number of methoxy groups -OCH3 is 2. The molecular weight excluding hydrogens is 240 g/mol. The molecule has 2 rings (SSSR count). The molecule has 1 aromatic rings. The largest absolute Gasteiger partial charge is 0.493 e. The molecular formula is C15H24N2O2. The van der Waals surface area contributed by atoms with Gasteiger partial charge in [-0.2, -0.15) is 0 Å². The van der Waals surface area contributed by atoms with E-state index < -0.39 is 0 Å². The summed E-state index contributed by atoms with van der Waals surface area (Å²) >= 11 is 0. The van der Waals surface area contributed by atoms with Crippen LogP contribution in [0.25, 0.3) is 0 Å². The lowest BCUT2D eigenvalue weighted by Crippen LogP contribution is -2.30. The lowest BCUT2D eigenvalue weighted by Gasteiger charge is -2.14. The van der Waals surface area contributed by atoms with Crippen LogP contribution >= 0.6 is 0 Å². The molecule has 3 N–H and O–H groups in total. The number of benzene rings is 1. The third kappa shape index (κ3) is 3.61. The Balaban J connectivity index is 1.79. The van der Waals surface area contributed by atoms with Crippen molar-refractivity contribution in [3.05, 3.63) is 23.8 Å². The third-order valence-corrected chi connectivity index (χ3v) is 3.93. The topological polar surface area (TPSA) is 56.5 Å². The van der Waals surface area contributed by atoms with Crippen molar-refractivity contribution in [2.45, 2.75) is 19.3 Å². The summed E-state index contributed by atoms with van der Waals surface area (Å²) in [6, 6.07) is 6.08. The van der Waals surface area contributed by atoms with E-state index in [2.05, 4.69) is 11.4 Å². The molecule has 0 radical (unpaired) electrons. The molecule has 1 aromatic carbocycles. The average Bonchev–Trinajstić information content (AvgIpc) is 3.24. The van der Waals surface area contributed by atoms with Gasteiger partial charge in [-0.25, -0.2) is 0 Å². The molecule has 1 aliphatic rings. The fourth-order valence-electron chi connectivity index (χ4n) is 2.25. The van der Waals surface area contributed by atoms with E-state index in [-0.39, 0.29) is 0 Å². The number of nitrogens with one attached hydrogen (secondary N) is 1. The zero-order chi connectivity index (χ0) is 13.7. The highest BCUT2D eigenvalue weighted by molar-refractivity contribution is 5.42. The number of nitrogens with two attached hydrogens (primary N) is 1. The average molecular weight is 264 g/mol. The van der Waals surface area contributed by atoms with Gasteiger partial charge in [-0.15, -0.1) is 0 Å². The summed E-state index contributed by atoms with van der Waals surface area (Å²) in [7, 11) is 3.32. The Morgan fingerprint density at radius 2 is 1.95 bits per heavy atom. The van der Waals surface area contributed by atoms with Crippen molar-refractivity contribution in [1.82, 2.24) is 5.32 Å². The zero-order valence-electron chi connectivity index (χ0n) is 11.9. The number of hydrogen-bond donors (Lipinski definition) is 2. The standard InChI is InChI=1S/C15H24N2O2/c1-18-13-4-3-12(9-14(13)19-2)5-8-17-11-15(10-16)6-7-15/h3-4,9,17H,5-8,10-11,16H2,1-2H3. The second-order valence-corrected chi connectivity index (χ2v) is 5.32. The SMILES string of the molecule is COc1ccc(CCNCC2(CN)CC2)cc1OC. The smallest absolute Gasteiger partial charge is 0.160 e. The second kappa shape index (κ2) is 6.26. The van der Waals surface area contributed by atoms with Crippen LogP contribution in [-0.4, -0.2) is 33.9 Å². The molecule has 0 unspecified atom stereocenters. The lowest BCUT2D eigenvalue weighted by atomic mass is 10.1. The van der Waals surface area contributed by atoms with Crippen molar-refractivity contribution in [2.75, 3.05) is 33.9 Å². The van der Waals surface area contributed by atoms with Gasteiger partial charge in [0.25, 0.3) is 0 Å². The Morgan fingerprint density at radius 1 is 1.21 bits per heavy atom. The molecule has 1 aliphatic carbocycles. The van der Waals surface area contributed by atoms with Crippen molar-refractivity contribution in [3.63, 3.8) is 0 Å². The summed E-state index contributed by atoms with van der Waals surface area (Å²) in [4.78, 5) is 0. The van der Waals surface area contributed by atoms with Gasteiger partial charge in [0.1, 0.15) is 0 Å². The molecule has 19 heavy (non-hydrogen) atoms. The highest BCUT2D eigenvalue weighted by Gasteiger charge is 2.40. The zero-order valence-corrected chi connectivity index (χ0v) is 11.9. The highest BCUT2D eigenvalue weighted by atomic mass is 16.5. The summed E-state index contributed by atoms with van der Waals surface area (Å²) in [5.41, 5.74) is 7.41. The Kier molecular flexibility index (Phi) is 4.66. The quantitative estimate of drug-likeness (QED) is 0.700. The molecule has 0 amide bonds. The minimum absolute atomic E-state index is 0.400. The lowest BCUT2D eigenvalue weighted by molar-refractivity contribution is 0.354. The van der Waals surface area contributed by atoms with E-state index in [1.165, 1.54) is 18.4 Å². The Morgan fingerprint density at radius 3 is 2.53 bits per heavy atom. The van der Waals surface area contributed by atoms with Crippen LogP contribution in [0.5, 0.6) is 11.5 Å². The Labute approximate surface area is 115 Å². The van der Waals surface area contributed by atoms with Crippen LogP contribution in [-0.2, 0) is 6.42 Å². The van der Waals surface area contributed by atoms with E-state index in [9.17, 15) is 0 Å². The maximum Gasteiger partial charge on any atom is 0.160 e. The van der Waals surface area contributed by atoms with Crippen LogP contribution in [0.3, 0.4) is 0 Å². The first-order valence-electron chi connectivity index (χ1n) is 6.85. The maximum absolute atomic E-state index is 5.76. The van der Waals surface area contributed by atoms with Crippen LogP contribution in [0, 0.1) is 5.41 Å². The van der Waals surface area contributed by atoms with Gasteiger partial charge < -0.3 is 20.5 Å². The molecule has 0 heterocycles. The second-order valence-electron chi connectivity index (χ2n) is 5.32. The fourth-order valence-corrected chi connectivity index (χ4v) is 2.25. The van der Waals surface area contributed by atoms with Gasteiger partial charge >= 0.3 is 0 Å². The molecule has 0 bridgehead atoms. The molecule has 4 nitrogen and oxygen atoms in total. The third-order valence-electron chi connectivity index (χ3n) is 3.93. The van der Waals surface area contributed by atoms with Crippen LogP contribution in [0.15, 0.2) is 18.2 Å². The van der Waals surface area contributed by atoms with Gasteiger partial charge in [0.05, 0.1) is 14.2 Å². The summed E-state index contributed by atoms with van der Waals surface area (Å²) in [6.45, 7) is 2.81. The number of ether oxygens (including phenoxy) is 2. The molecule has 4 heteroatoms. The fraction of sp³-hybridized carbons (Fsp3) is 0.600. The van der Waals surface area contributed by atoms with Crippen molar-refractivity contribution in [2.24, 2.45) is 11.1 Å². The van der Waals surface area contributed by atoms with Crippen molar-refractivity contribution in [1.29, 1.82) is 0 Å². The first-order chi connectivity index (χ1) is 9.23. The molecule has 0 spiro atoms. The van der Waals surface area contributed by atoms with E-state index in [0.29, 0.717) is 5.41 Å². The molecule has 0 aromatic heterocycles. The molecule has 0 saturated heterocycles. The van der Waals surface area contributed by atoms with E-state index in [1.54, 1.807) is 14.2 Å². The summed E-state index contributed by atoms with van der Waals surface area (Å²) < 4.78 is 10.5. The normalized spacial score (nSPS) is 16.2. The maximum atomic E-state index is 5.76. The summed E-state index contributed by atoms with van der Waals surface area (Å²) in [6.07, 6.45) is 3.53. The van der Waals surface area contributed by atoms with Crippen LogP contribution < -0.4 is 20.5 Å². The van der Waals surface area contributed by atoms with Crippen LogP contribution in [0.2, 0.25) is 0 Å². The van der Waals surface area contributed by atoms with Gasteiger partial charge in [-0.1, -0.05) is 6.07 Å². The number of hydrogen-bond acceptors (Lipinski definition) is 4. The molecule has 106 valence electrons. The van der Waals surface area contributed by atoms with Gasteiger partial charge in [-0.05, 0) is 55.5 Å². The first-order valence-corrected chi connectivity index (χ1v) is 6.85. The van der Waals surface area contributed by atoms with Crippen molar-refractivity contribution in [3.8, 4) is 11.5 Å². The predicted octanol–water partition coefficient (Wildman–Crippen LogP) is 1.57. The van der Waals surface area contributed by atoms with Gasteiger partial charge in [0, 0.05) is 6.54 Å². The van der Waals surface area contributed by atoms with Gasteiger partial charge in [-0.3, -0.25) is 0 Å². The molecule has 1 fully saturated rings. The van der Waals surface area contributed by atoms with E-state index >= 15 is 0 Å². The minimum atomic E-state index is 0.400. The van der Waals surface area contributed by atoms with E-state index in [0.717, 1.165) is 37.6 Å². The minimum Gasteiger partial charge on any atom is -0.493 e. The Hall–Kier alpha value is -1.26. The molecule has 0 atom stereocenters. The van der Waals surface area contributed by atoms with Crippen LogP contribution in [0.4, 0.5) is 0 Å². The summed E-state index contributed by atoms with van der Waals surface area (Å²) in [5.74, 6) is 1.57.